The van der Waals surface area contributed by atoms with Crippen molar-refractivity contribution in [2.24, 2.45) is 0 Å². The predicted octanol–water partition coefficient (Wildman–Crippen LogP) is 5.74. The Hall–Kier alpha value is -3.81. The first kappa shape index (κ1) is 25.8. The van der Waals surface area contributed by atoms with Crippen molar-refractivity contribution >= 4 is 17.4 Å². The Labute approximate surface area is 205 Å². The van der Waals surface area contributed by atoms with Gasteiger partial charge in [0, 0.05) is 11.6 Å². The molecule has 0 fully saturated rings. The van der Waals surface area contributed by atoms with Crippen LogP contribution in [0.25, 0.3) is 11.1 Å². The van der Waals surface area contributed by atoms with Crippen LogP contribution in [-0.2, 0) is 11.4 Å². The number of carbonyl (C=O) groups excluding carboxylic acids is 1. The second-order valence-corrected chi connectivity index (χ2v) is 9.56. The van der Waals surface area contributed by atoms with E-state index >= 15 is 0 Å². The highest BCUT2D eigenvalue weighted by molar-refractivity contribution is 7.90. The molecule has 0 heterocycles. The molecule has 35 heavy (non-hydrogen) atoms. The number of benzene rings is 3. The predicted molar refractivity (Wildman–Crippen MR) is 128 cm³/mol. The third-order valence-electron chi connectivity index (χ3n) is 4.42. The van der Waals surface area contributed by atoms with Crippen LogP contribution < -0.4 is 19.5 Å². The number of alkyl halides is 2. The van der Waals surface area contributed by atoms with E-state index < -0.39 is 29.5 Å². The van der Waals surface area contributed by atoms with Crippen LogP contribution in [0.3, 0.4) is 0 Å². The normalized spacial score (nSPS) is 11.9. The zero-order chi connectivity index (χ0) is 25.6. The Morgan fingerprint density at radius 1 is 1.03 bits per heavy atom. The maximum atomic E-state index is 12.9. The zero-order valence-electron chi connectivity index (χ0n) is 19.2. The number of hydrogen-bond donors (Lipinski definition) is 2. The fourth-order valence-corrected chi connectivity index (χ4v) is 3.86. The molecule has 2 N–H and O–H groups in total. The lowest BCUT2D eigenvalue weighted by atomic mass is 10.1. The van der Waals surface area contributed by atoms with Gasteiger partial charge in [0.25, 0.3) is 0 Å². The molecule has 0 aliphatic heterocycles. The van der Waals surface area contributed by atoms with E-state index in [0.29, 0.717) is 5.75 Å². The van der Waals surface area contributed by atoms with E-state index in [1.807, 2.05) is 12.1 Å². The van der Waals surface area contributed by atoms with E-state index in [1.165, 1.54) is 30.3 Å². The Kier molecular flexibility index (Phi) is 8.17. The first-order valence-electron chi connectivity index (χ1n) is 10.4. The number of nitrogens with one attached hydrogen (secondary N) is 2. The molecule has 0 saturated heterocycles. The molecule has 0 radical (unpaired) electrons. The Balaban J connectivity index is 1.84. The molecule has 1 unspecified atom stereocenters. The molecular formula is C25H23F2N3O4S. The Bertz CT molecular complexity index is 1220. The summed E-state index contributed by atoms with van der Waals surface area (Å²) in [6.07, 6.45) is 0. The van der Waals surface area contributed by atoms with E-state index in [4.69, 9.17) is 4.74 Å². The Morgan fingerprint density at radius 2 is 1.74 bits per heavy atom. The number of halogens is 2. The maximum absolute atomic E-state index is 12.9. The summed E-state index contributed by atoms with van der Waals surface area (Å²) in [5.74, 6) is 0.637. The number of hydrogen-bond acceptors (Lipinski definition) is 5. The van der Waals surface area contributed by atoms with Gasteiger partial charge < -0.3 is 19.3 Å². The molecular weight excluding hydrogens is 476 g/mol. The van der Waals surface area contributed by atoms with E-state index in [0.717, 1.165) is 11.1 Å². The summed E-state index contributed by atoms with van der Waals surface area (Å²) in [7, 11) is 0. The number of amides is 2. The zero-order valence-corrected chi connectivity index (χ0v) is 20.0. The lowest BCUT2D eigenvalue weighted by Gasteiger charge is -2.21. The van der Waals surface area contributed by atoms with Crippen LogP contribution in [0.1, 0.15) is 26.3 Å². The third-order valence-corrected chi connectivity index (χ3v) is 5.51. The third kappa shape index (κ3) is 7.60. The van der Waals surface area contributed by atoms with Crippen LogP contribution in [0.2, 0.25) is 0 Å². The van der Waals surface area contributed by atoms with Crippen LogP contribution in [0.15, 0.2) is 71.6 Å². The molecule has 2 amide bonds. The standard InChI is InChI=1S/C25H23F2N3O4S/c1-25(2,3)29-24(31)30-35(32)22-13-16(15-28)7-12-21(22)33-20-6-4-5-18(14-20)17-8-10-19(11-9-17)34-23(26)27/h4-14,23H,1-3H3,(H2,29,30,31). The van der Waals surface area contributed by atoms with Crippen LogP contribution in [0, 0.1) is 11.3 Å². The van der Waals surface area contributed by atoms with Crippen molar-refractivity contribution in [3.05, 3.63) is 72.3 Å². The van der Waals surface area contributed by atoms with Gasteiger partial charge in [0.2, 0.25) is 4.90 Å². The van der Waals surface area contributed by atoms with Gasteiger partial charge >= 0.3 is 12.6 Å². The molecule has 3 aromatic carbocycles. The van der Waals surface area contributed by atoms with Gasteiger partial charge in [-0.3, -0.25) is 0 Å². The van der Waals surface area contributed by atoms with Crippen LogP contribution in [0.5, 0.6) is 17.2 Å². The lowest BCUT2D eigenvalue weighted by Crippen LogP contribution is -2.48. The highest BCUT2D eigenvalue weighted by atomic mass is 32.2. The monoisotopic (exact) mass is 499 g/mol. The van der Waals surface area contributed by atoms with Gasteiger partial charge in [0.05, 0.1) is 11.6 Å². The SMILES string of the molecule is CC(C)(C)NC(=O)N[S+]([O-])c1cc(C#N)ccc1Oc1cccc(-c2ccc(OC(F)F)cc2)c1. The minimum atomic E-state index is -2.90. The molecule has 0 aliphatic rings. The summed E-state index contributed by atoms with van der Waals surface area (Å²) >= 11 is -2.01. The van der Waals surface area contributed by atoms with Crippen molar-refractivity contribution < 1.29 is 27.6 Å². The van der Waals surface area contributed by atoms with Crippen molar-refractivity contribution in [1.29, 1.82) is 5.26 Å². The van der Waals surface area contributed by atoms with Gasteiger partial charge in [0.15, 0.2) is 5.75 Å². The van der Waals surface area contributed by atoms with Crippen LogP contribution in [0.4, 0.5) is 13.6 Å². The summed E-state index contributed by atoms with van der Waals surface area (Å²) in [6, 6.07) is 18.8. The number of urea groups is 1. The highest BCUT2D eigenvalue weighted by Gasteiger charge is 2.24. The summed E-state index contributed by atoms with van der Waals surface area (Å²) in [5.41, 5.74) is 1.19. The minimum absolute atomic E-state index is 0.0452. The summed E-state index contributed by atoms with van der Waals surface area (Å²) in [6.45, 7) is 2.45. The van der Waals surface area contributed by atoms with Gasteiger partial charge in [-0.2, -0.15) is 14.0 Å². The Morgan fingerprint density at radius 3 is 2.37 bits per heavy atom. The molecule has 3 aromatic rings. The molecule has 0 aliphatic carbocycles. The van der Waals surface area contributed by atoms with Crippen molar-refractivity contribution in [1.82, 2.24) is 10.0 Å². The molecule has 3 rings (SSSR count). The van der Waals surface area contributed by atoms with Crippen molar-refractivity contribution in [2.75, 3.05) is 0 Å². The average molecular weight is 500 g/mol. The summed E-state index contributed by atoms with van der Waals surface area (Å²) in [5, 5.41) is 11.9. The largest absolute Gasteiger partial charge is 0.588 e. The van der Waals surface area contributed by atoms with E-state index in [2.05, 4.69) is 14.8 Å². The number of carbonyl (C=O) groups is 1. The lowest BCUT2D eigenvalue weighted by molar-refractivity contribution is -0.0498. The second-order valence-electron chi connectivity index (χ2n) is 8.38. The first-order chi connectivity index (χ1) is 16.5. The number of rotatable bonds is 7. The van der Waals surface area contributed by atoms with Gasteiger partial charge in [-0.1, -0.05) is 24.3 Å². The summed E-state index contributed by atoms with van der Waals surface area (Å²) in [4.78, 5) is 12.3. The van der Waals surface area contributed by atoms with Crippen LogP contribution in [-0.4, -0.2) is 22.7 Å². The topological polar surface area (TPSA) is 106 Å². The van der Waals surface area contributed by atoms with Gasteiger partial charge in [-0.05, 0) is 68.3 Å². The molecule has 1 atom stereocenters. The van der Waals surface area contributed by atoms with Crippen molar-refractivity contribution in [2.45, 2.75) is 37.8 Å². The minimum Gasteiger partial charge on any atom is -0.588 e. The molecule has 0 bridgehead atoms. The van der Waals surface area contributed by atoms with Crippen molar-refractivity contribution in [3.8, 4) is 34.4 Å². The van der Waals surface area contributed by atoms with Gasteiger partial charge in [-0.25, -0.2) is 4.79 Å². The number of ether oxygens (including phenoxy) is 2. The molecule has 0 aromatic heterocycles. The molecule has 0 spiro atoms. The van der Waals surface area contributed by atoms with Gasteiger partial charge in [-0.15, -0.1) is 4.72 Å². The average Bonchev–Trinajstić information content (AvgIpc) is 2.78. The first-order valence-corrected chi connectivity index (χ1v) is 11.6. The van der Waals surface area contributed by atoms with E-state index in [1.54, 1.807) is 51.1 Å². The van der Waals surface area contributed by atoms with Gasteiger partial charge in [0.1, 0.15) is 22.9 Å². The molecule has 10 heteroatoms. The van der Waals surface area contributed by atoms with Crippen molar-refractivity contribution in [3.63, 3.8) is 0 Å². The molecule has 182 valence electrons. The quantitative estimate of drug-likeness (QED) is 0.403. The number of nitrogens with zero attached hydrogens (tertiary/aromatic N) is 1. The second kappa shape index (κ2) is 11.1. The fraction of sp³-hybridized carbons (Fsp3) is 0.200. The summed E-state index contributed by atoms with van der Waals surface area (Å²) < 4.78 is 50.3. The van der Waals surface area contributed by atoms with Crippen LogP contribution >= 0.6 is 0 Å². The molecule has 0 saturated carbocycles. The smallest absolute Gasteiger partial charge is 0.387 e. The maximum Gasteiger partial charge on any atom is 0.387 e. The van der Waals surface area contributed by atoms with E-state index in [9.17, 15) is 23.4 Å². The molecule has 7 nitrogen and oxygen atoms in total. The number of nitriles is 1. The highest BCUT2D eigenvalue weighted by Crippen LogP contribution is 2.32. The fourth-order valence-electron chi connectivity index (χ4n) is 3.01. The van der Waals surface area contributed by atoms with E-state index in [-0.39, 0.29) is 22.0 Å².